The van der Waals surface area contributed by atoms with Crippen LogP contribution in [0, 0.1) is 12.7 Å². The Bertz CT molecular complexity index is 742. The first-order valence-corrected chi connectivity index (χ1v) is 7.87. The number of nitrogens with one attached hydrogen (secondary N) is 1. The fourth-order valence-electron chi connectivity index (χ4n) is 2.83. The number of rotatable bonds is 3. The number of hydrogen-bond donors (Lipinski definition) is 1. The number of aromatic nitrogens is 3. The average Bonchev–Trinajstić information content (AvgIpc) is 2.87. The van der Waals surface area contributed by atoms with E-state index in [1.54, 1.807) is 7.11 Å². The van der Waals surface area contributed by atoms with Gasteiger partial charge in [-0.3, -0.25) is 4.57 Å². The molecule has 5 nitrogen and oxygen atoms in total. The van der Waals surface area contributed by atoms with E-state index in [-0.39, 0.29) is 5.82 Å². The van der Waals surface area contributed by atoms with Crippen LogP contribution in [-0.2, 0) is 16.7 Å². The quantitative estimate of drug-likeness (QED) is 0.902. The molecule has 3 rings (SSSR count). The third-order valence-electron chi connectivity index (χ3n) is 3.91. The standard InChI is InChI=1S/C15H18BrFN4O/c1-8-12(16)9(17)7-10-13(8)21-11(5-6-22-4)19-20-14(21)15(2,3)18-10/h7,18H,5-6H2,1-4H3. The molecule has 1 aliphatic rings. The Kier molecular flexibility index (Phi) is 3.72. The number of halogens is 2. The monoisotopic (exact) mass is 368 g/mol. The molecule has 1 aromatic carbocycles. The van der Waals surface area contributed by atoms with Gasteiger partial charge in [0, 0.05) is 19.6 Å². The van der Waals surface area contributed by atoms with Crippen molar-refractivity contribution in [3.05, 3.63) is 33.6 Å². The van der Waals surface area contributed by atoms with Crippen LogP contribution in [0.4, 0.5) is 10.1 Å². The Labute approximate surface area is 137 Å². The topological polar surface area (TPSA) is 52.0 Å². The molecule has 1 N–H and O–H groups in total. The smallest absolute Gasteiger partial charge is 0.162 e. The lowest BCUT2D eigenvalue weighted by Crippen LogP contribution is -2.36. The molecule has 0 fully saturated rings. The van der Waals surface area contributed by atoms with Gasteiger partial charge in [0.1, 0.15) is 11.6 Å². The van der Waals surface area contributed by atoms with E-state index in [4.69, 9.17) is 4.74 Å². The van der Waals surface area contributed by atoms with Crippen LogP contribution in [0.25, 0.3) is 5.69 Å². The molecule has 0 saturated carbocycles. The lowest BCUT2D eigenvalue weighted by molar-refractivity contribution is 0.200. The number of nitrogens with zero attached hydrogens (tertiary/aromatic N) is 3. The zero-order valence-electron chi connectivity index (χ0n) is 13.0. The molecular formula is C15H18BrFN4O. The number of benzene rings is 1. The average molecular weight is 369 g/mol. The molecule has 1 aromatic heterocycles. The number of anilines is 1. The second kappa shape index (κ2) is 5.31. The van der Waals surface area contributed by atoms with Crippen molar-refractivity contribution in [3.63, 3.8) is 0 Å². The second-order valence-electron chi connectivity index (χ2n) is 5.96. The Hall–Kier alpha value is -1.47. The maximum Gasteiger partial charge on any atom is 0.162 e. The van der Waals surface area contributed by atoms with Crippen LogP contribution in [0.1, 0.15) is 31.1 Å². The highest BCUT2D eigenvalue weighted by Crippen LogP contribution is 2.41. The highest BCUT2D eigenvalue weighted by molar-refractivity contribution is 9.10. The summed E-state index contributed by atoms with van der Waals surface area (Å²) in [4.78, 5) is 0. The van der Waals surface area contributed by atoms with Gasteiger partial charge in [-0.05, 0) is 42.3 Å². The molecule has 0 atom stereocenters. The third-order valence-corrected chi connectivity index (χ3v) is 4.88. The Morgan fingerprint density at radius 1 is 1.41 bits per heavy atom. The van der Waals surface area contributed by atoms with E-state index in [1.807, 2.05) is 25.3 Å². The van der Waals surface area contributed by atoms with Crippen LogP contribution in [0.2, 0.25) is 0 Å². The van der Waals surface area contributed by atoms with Crippen LogP contribution in [0.3, 0.4) is 0 Å². The Morgan fingerprint density at radius 2 is 2.14 bits per heavy atom. The normalized spacial score (nSPS) is 15.2. The number of ether oxygens (including phenoxy) is 1. The first-order valence-electron chi connectivity index (χ1n) is 7.07. The lowest BCUT2D eigenvalue weighted by atomic mass is 9.98. The van der Waals surface area contributed by atoms with Crippen LogP contribution < -0.4 is 5.32 Å². The number of hydrogen-bond acceptors (Lipinski definition) is 4. The SMILES string of the molecule is COCCc1nnc2n1-c1c(cc(F)c(Br)c1C)NC2(C)C. The summed E-state index contributed by atoms with van der Waals surface area (Å²) < 4.78 is 21.7. The first kappa shape index (κ1) is 15.4. The molecule has 22 heavy (non-hydrogen) atoms. The second-order valence-corrected chi connectivity index (χ2v) is 6.75. The van der Waals surface area contributed by atoms with E-state index in [9.17, 15) is 4.39 Å². The van der Waals surface area contributed by atoms with Gasteiger partial charge in [-0.1, -0.05) is 0 Å². The summed E-state index contributed by atoms with van der Waals surface area (Å²) in [6, 6.07) is 1.51. The molecule has 0 unspecified atom stereocenters. The minimum absolute atomic E-state index is 0.283. The molecule has 7 heteroatoms. The van der Waals surface area contributed by atoms with Crippen molar-refractivity contribution in [2.45, 2.75) is 32.7 Å². The van der Waals surface area contributed by atoms with Crippen molar-refractivity contribution < 1.29 is 9.13 Å². The molecule has 0 amide bonds. The molecular weight excluding hydrogens is 351 g/mol. The third kappa shape index (κ3) is 2.23. The fourth-order valence-corrected chi connectivity index (χ4v) is 3.13. The summed E-state index contributed by atoms with van der Waals surface area (Å²) in [5, 5.41) is 12.0. The molecule has 2 heterocycles. The largest absolute Gasteiger partial charge is 0.384 e. The van der Waals surface area contributed by atoms with E-state index in [2.05, 4.69) is 31.4 Å². The van der Waals surface area contributed by atoms with E-state index < -0.39 is 5.54 Å². The maximum atomic E-state index is 14.1. The van der Waals surface area contributed by atoms with Gasteiger partial charge in [-0.15, -0.1) is 10.2 Å². The van der Waals surface area contributed by atoms with Crippen molar-refractivity contribution in [2.75, 3.05) is 19.0 Å². The summed E-state index contributed by atoms with van der Waals surface area (Å²) in [6.07, 6.45) is 0.646. The molecule has 1 aliphatic heterocycles. The van der Waals surface area contributed by atoms with Crippen LogP contribution in [-0.4, -0.2) is 28.5 Å². The maximum absolute atomic E-state index is 14.1. The van der Waals surface area contributed by atoms with Gasteiger partial charge in [-0.2, -0.15) is 0 Å². The highest BCUT2D eigenvalue weighted by Gasteiger charge is 2.36. The zero-order valence-corrected chi connectivity index (χ0v) is 14.6. The highest BCUT2D eigenvalue weighted by atomic mass is 79.9. The van der Waals surface area contributed by atoms with Crippen LogP contribution in [0.5, 0.6) is 0 Å². The van der Waals surface area contributed by atoms with E-state index in [0.29, 0.717) is 17.5 Å². The molecule has 0 spiro atoms. The van der Waals surface area contributed by atoms with Crippen molar-refractivity contribution in [1.29, 1.82) is 0 Å². The van der Waals surface area contributed by atoms with Gasteiger partial charge in [0.05, 0.1) is 28.0 Å². The summed E-state index contributed by atoms with van der Waals surface area (Å²) in [5.41, 5.74) is 2.02. The van der Waals surface area contributed by atoms with E-state index in [0.717, 1.165) is 28.6 Å². The van der Waals surface area contributed by atoms with E-state index >= 15 is 0 Å². The Morgan fingerprint density at radius 3 is 2.82 bits per heavy atom. The molecule has 0 radical (unpaired) electrons. The molecule has 0 bridgehead atoms. The van der Waals surface area contributed by atoms with Crippen LogP contribution in [0.15, 0.2) is 10.5 Å². The predicted octanol–water partition coefficient (Wildman–Crippen LogP) is 3.33. The van der Waals surface area contributed by atoms with E-state index in [1.165, 1.54) is 6.07 Å². The number of methoxy groups -OCH3 is 1. The van der Waals surface area contributed by atoms with Gasteiger partial charge in [0.25, 0.3) is 0 Å². The zero-order chi connectivity index (χ0) is 16.1. The molecule has 118 valence electrons. The lowest BCUT2D eigenvalue weighted by Gasteiger charge is -2.35. The minimum atomic E-state index is -0.433. The van der Waals surface area contributed by atoms with Gasteiger partial charge in [-0.25, -0.2) is 4.39 Å². The van der Waals surface area contributed by atoms with Gasteiger partial charge >= 0.3 is 0 Å². The van der Waals surface area contributed by atoms with Gasteiger partial charge < -0.3 is 10.1 Å². The summed E-state index contributed by atoms with van der Waals surface area (Å²) >= 11 is 3.32. The summed E-state index contributed by atoms with van der Waals surface area (Å²) in [7, 11) is 1.66. The fraction of sp³-hybridized carbons (Fsp3) is 0.467. The summed E-state index contributed by atoms with van der Waals surface area (Å²) in [5.74, 6) is 1.34. The predicted molar refractivity (Wildman–Crippen MR) is 86.0 cm³/mol. The van der Waals surface area contributed by atoms with Crippen molar-refractivity contribution in [3.8, 4) is 5.69 Å². The van der Waals surface area contributed by atoms with Crippen LogP contribution >= 0.6 is 15.9 Å². The molecule has 2 aromatic rings. The first-order chi connectivity index (χ1) is 10.4. The minimum Gasteiger partial charge on any atom is -0.384 e. The van der Waals surface area contributed by atoms with Gasteiger partial charge in [0.2, 0.25) is 0 Å². The van der Waals surface area contributed by atoms with Crippen molar-refractivity contribution in [2.24, 2.45) is 0 Å². The molecule has 0 aliphatic carbocycles. The number of fused-ring (bicyclic) bond motifs is 3. The Balaban J connectivity index is 2.27. The summed E-state index contributed by atoms with van der Waals surface area (Å²) in [6.45, 7) is 6.45. The van der Waals surface area contributed by atoms with Crippen molar-refractivity contribution >= 4 is 21.6 Å². The van der Waals surface area contributed by atoms with Gasteiger partial charge in [0.15, 0.2) is 5.82 Å². The molecule has 0 saturated heterocycles. The van der Waals surface area contributed by atoms with Crippen molar-refractivity contribution in [1.82, 2.24) is 14.8 Å².